The summed E-state index contributed by atoms with van der Waals surface area (Å²) < 4.78 is 29.4. The fourth-order valence-corrected chi connectivity index (χ4v) is 1.02. The van der Waals surface area contributed by atoms with Crippen LogP contribution in [0.5, 0.6) is 5.88 Å². The zero-order valence-electron chi connectivity index (χ0n) is 7.70. The van der Waals surface area contributed by atoms with E-state index in [-0.39, 0.29) is 5.69 Å². The first-order valence-electron chi connectivity index (χ1n) is 3.83. The maximum atomic E-state index is 12.4. The second-order valence-corrected chi connectivity index (χ2v) is 2.63. The highest BCUT2D eigenvalue weighted by Crippen LogP contribution is 2.30. The molecule has 5 nitrogen and oxygen atoms in total. The number of nitrogen functional groups attached to an aromatic ring is 1. The molecule has 0 unspecified atom stereocenters. The van der Waals surface area contributed by atoms with Crippen molar-refractivity contribution in [2.45, 2.75) is 6.43 Å². The molecule has 0 radical (unpaired) electrons. The first kappa shape index (κ1) is 11.2. The maximum Gasteiger partial charge on any atom is 0.356 e. The van der Waals surface area contributed by atoms with Crippen LogP contribution in [0.25, 0.3) is 0 Å². The number of anilines is 1. The fraction of sp³-hybridized carbons (Fsp3) is 0.250. The van der Waals surface area contributed by atoms with Crippen molar-refractivity contribution in [3.63, 3.8) is 0 Å². The highest BCUT2D eigenvalue weighted by Gasteiger charge is 2.20. The molecule has 0 aromatic carbocycles. The predicted molar refractivity (Wildman–Crippen MR) is 47.1 cm³/mol. The molecule has 82 valence electrons. The van der Waals surface area contributed by atoms with E-state index in [0.717, 1.165) is 13.2 Å². The number of carbonyl (C=O) groups is 1. The summed E-state index contributed by atoms with van der Waals surface area (Å²) in [5.74, 6) is -1.83. The van der Waals surface area contributed by atoms with E-state index in [0.29, 0.717) is 0 Å². The van der Waals surface area contributed by atoms with Gasteiger partial charge in [-0.3, -0.25) is 0 Å². The van der Waals surface area contributed by atoms with E-state index >= 15 is 0 Å². The van der Waals surface area contributed by atoms with Gasteiger partial charge in [0, 0.05) is 0 Å². The quantitative estimate of drug-likeness (QED) is 0.798. The summed E-state index contributed by atoms with van der Waals surface area (Å²) in [5.41, 5.74) is 3.90. The molecule has 3 N–H and O–H groups in total. The van der Waals surface area contributed by atoms with Crippen LogP contribution in [0.2, 0.25) is 0 Å². The molecule has 1 aromatic rings. The van der Waals surface area contributed by atoms with E-state index in [1.165, 1.54) is 0 Å². The van der Waals surface area contributed by atoms with Crippen molar-refractivity contribution in [1.82, 2.24) is 4.98 Å². The number of aromatic carboxylic acids is 1. The number of carboxylic acid groups (broad SMARTS) is 1. The second-order valence-electron chi connectivity index (χ2n) is 2.63. The molecule has 0 spiro atoms. The molecule has 0 aliphatic carbocycles. The summed E-state index contributed by atoms with van der Waals surface area (Å²) in [5, 5.41) is 8.63. The van der Waals surface area contributed by atoms with Crippen molar-refractivity contribution in [3.8, 4) is 5.88 Å². The van der Waals surface area contributed by atoms with Crippen LogP contribution in [0.4, 0.5) is 14.5 Å². The number of pyridine rings is 1. The molecule has 0 bridgehead atoms. The average molecular weight is 218 g/mol. The van der Waals surface area contributed by atoms with E-state index in [1.807, 2.05) is 0 Å². The molecule has 0 atom stereocenters. The molecular weight excluding hydrogens is 210 g/mol. The largest absolute Gasteiger partial charge is 0.481 e. The van der Waals surface area contributed by atoms with E-state index in [1.54, 1.807) is 0 Å². The molecule has 0 fully saturated rings. The standard InChI is InChI=1S/C8H8F2N2O3/c1-15-7-3(6(9)10)2-4(11)5(12-7)8(13)14/h2,6H,11H2,1H3,(H,13,14). The summed E-state index contributed by atoms with van der Waals surface area (Å²) in [7, 11) is 1.12. The summed E-state index contributed by atoms with van der Waals surface area (Å²) in [6, 6.07) is 0.847. The van der Waals surface area contributed by atoms with Gasteiger partial charge in [-0.2, -0.15) is 0 Å². The summed E-state index contributed by atoms with van der Waals surface area (Å²) in [4.78, 5) is 14.0. The van der Waals surface area contributed by atoms with Crippen molar-refractivity contribution >= 4 is 11.7 Å². The number of methoxy groups -OCH3 is 1. The molecule has 7 heteroatoms. The normalized spacial score (nSPS) is 10.4. The minimum Gasteiger partial charge on any atom is -0.481 e. The van der Waals surface area contributed by atoms with E-state index in [9.17, 15) is 13.6 Å². The third-order valence-corrected chi connectivity index (χ3v) is 1.68. The van der Waals surface area contributed by atoms with Crippen LogP contribution >= 0.6 is 0 Å². The number of hydrogen-bond donors (Lipinski definition) is 2. The average Bonchev–Trinajstić information content (AvgIpc) is 2.16. The number of carboxylic acids is 1. The zero-order chi connectivity index (χ0) is 11.6. The van der Waals surface area contributed by atoms with Crippen molar-refractivity contribution < 1.29 is 23.4 Å². The number of hydrogen-bond acceptors (Lipinski definition) is 4. The predicted octanol–water partition coefficient (Wildman–Crippen LogP) is 1.31. The first-order chi connectivity index (χ1) is 6.97. The molecule has 0 saturated carbocycles. The zero-order valence-corrected chi connectivity index (χ0v) is 7.70. The highest BCUT2D eigenvalue weighted by atomic mass is 19.3. The molecular formula is C8H8F2N2O3. The maximum absolute atomic E-state index is 12.4. The molecule has 1 aromatic heterocycles. The van der Waals surface area contributed by atoms with Gasteiger partial charge in [0.1, 0.15) is 0 Å². The van der Waals surface area contributed by atoms with Gasteiger partial charge in [-0.15, -0.1) is 0 Å². The number of halogens is 2. The Morgan fingerprint density at radius 3 is 2.67 bits per heavy atom. The van der Waals surface area contributed by atoms with Gasteiger partial charge in [0.25, 0.3) is 6.43 Å². The van der Waals surface area contributed by atoms with E-state index in [4.69, 9.17) is 10.8 Å². The van der Waals surface area contributed by atoms with Crippen LogP contribution in [0.1, 0.15) is 22.5 Å². The van der Waals surface area contributed by atoms with Crippen LogP contribution in [0.15, 0.2) is 6.07 Å². The van der Waals surface area contributed by atoms with Crippen LogP contribution in [-0.2, 0) is 0 Å². The third kappa shape index (κ3) is 2.12. The van der Waals surface area contributed by atoms with Gasteiger partial charge in [-0.05, 0) is 6.07 Å². The van der Waals surface area contributed by atoms with Crippen LogP contribution in [-0.4, -0.2) is 23.2 Å². The number of nitrogens with two attached hydrogens (primary N) is 1. The number of nitrogens with zero attached hydrogens (tertiary/aromatic N) is 1. The Kier molecular flexibility index (Phi) is 3.03. The summed E-state index contributed by atoms with van der Waals surface area (Å²) in [6.45, 7) is 0. The molecule has 0 aliphatic heterocycles. The monoisotopic (exact) mass is 218 g/mol. The van der Waals surface area contributed by atoms with Gasteiger partial charge in [0.05, 0.1) is 18.4 Å². The van der Waals surface area contributed by atoms with Gasteiger partial charge < -0.3 is 15.6 Å². The smallest absolute Gasteiger partial charge is 0.356 e. The highest BCUT2D eigenvalue weighted by molar-refractivity contribution is 5.91. The lowest BCUT2D eigenvalue weighted by atomic mass is 10.2. The third-order valence-electron chi connectivity index (χ3n) is 1.68. The van der Waals surface area contributed by atoms with Crippen molar-refractivity contribution in [2.75, 3.05) is 12.8 Å². The number of ether oxygens (including phenoxy) is 1. The Labute approximate surface area is 83.5 Å². The Hall–Kier alpha value is -1.92. The topological polar surface area (TPSA) is 85.4 Å². The lowest BCUT2D eigenvalue weighted by molar-refractivity contribution is 0.0689. The van der Waals surface area contributed by atoms with E-state index in [2.05, 4.69) is 9.72 Å². The second kappa shape index (κ2) is 4.07. The summed E-state index contributed by atoms with van der Waals surface area (Å²) in [6.07, 6.45) is -2.82. The molecule has 1 rings (SSSR count). The Morgan fingerprint density at radius 2 is 2.27 bits per heavy atom. The fourth-order valence-electron chi connectivity index (χ4n) is 1.02. The van der Waals surface area contributed by atoms with Gasteiger partial charge in [-0.1, -0.05) is 0 Å². The van der Waals surface area contributed by atoms with Gasteiger partial charge >= 0.3 is 5.97 Å². The number of alkyl halides is 2. The van der Waals surface area contributed by atoms with Gasteiger partial charge in [0.15, 0.2) is 5.69 Å². The van der Waals surface area contributed by atoms with Crippen LogP contribution < -0.4 is 10.5 Å². The first-order valence-corrected chi connectivity index (χ1v) is 3.83. The van der Waals surface area contributed by atoms with Gasteiger partial charge in [0.2, 0.25) is 5.88 Å². The molecule has 15 heavy (non-hydrogen) atoms. The Morgan fingerprint density at radius 1 is 1.67 bits per heavy atom. The van der Waals surface area contributed by atoms with Crippen LogP contribution in [0.3, 0.4) is 0 Å². The minimum atomic E-state index is -2.82. The van der Waals surface area contributed by atoms with Crippen molar-refractivity contribution in [2.24, 2.45) is 0 Å². The minimum absolute atomic E-state index is 0.321. The Balaban J connectivity index is 3.35. The SMILES string of the molecule is COc1nc(C(=O)O)c(N)cc1C(F)F. The van der Waals surface area contributed by atoms with E-state index < -0.39 is 29.5 Å². The molecule has 0 aliphatic rings. The molecule has 0 amide bonds. The Bertz CT molecular complexity index is 396. The van der Waals surface area contributed by atoms with Gasteiger partial charge in [-0.25, -0.2) is 18.6 Å². The molecule has 0 saturated heterocycles. The summed E-state index contributed by atoms with van der Waals surface area (Å²) >= 11 is 0. The molecule has 1 heterocycles. The van der Waals surface area contributed by atoms with Crippen LogP contribution in [0, 0.1) is 0 Å². The van der Waals surface area contributed by atoms with Crippen molar-refractivity contribution in [1.29, 1.82) is 0 Å². The number of aromatic nitrogens is 1. The lowest BCUT2D eigenvalue weighted by Gasteiger charge is -2.09. The number of rotatable bonds is 3. The van der Waals surface area contributed by atoms with Crippen molar-refractivity contribution in [3.05, 3.63) is 17.3 Å². The lowest BCUT2D eigenvalue weighted by Crippen LogP contribution is -2.09.